The van der Waals surface area contributed by atoms with Gasteiger partial charge in [0.2, 0.25) is 0 Å². The van der Waals surface area contributed by atoms with Gasteiger partial charge in [0, 0.05) is 5.38 Å². The predicted octanol–water partition coefficient (Wildman–Crippen LogP) is 3.89. The fourth-order valence-electron chi connectivity index (χ4n) is 1.28. The highest BCUT2D eigenvalue weighted by Gasteiger charge is 2.30. The number of benzene rings is 1. The van der Waals surface area contributed by atoms with Crippen molar-refractivity contribution in [1.82, 2.24) is 0 Å². The average Bonchev–Trinajstić information content (AvgIpc) is 2.17. The van der Waals surface area contributed by atoms with E-state index in [4.69, 9.17) is 11.6 Å². The first-order chi connectivity index (χ1) is 6.11. The highest BCUT2D eigenvalue weighted by Crippen LogP contribution is 2.39. The second kappa shape index (κ2) is 4.39. The first-order valence-electron chi connectivity index (χ1n) is 4.36. The molecule has 1 aromatic rings. The number of halogens is 1. The summed E-state index contributed by atoms with van der Waals surface area (Å²) in [6.07, 6.45) is 2.10. The SMILES string of the molecule is CSC(C)(c1ccccc1)C(C)Cl. The molecule has 0 N–H and O–H groups in total. The van der Waals surface area contributed by atoms with Crippen LogP contribution in [0.2, 0.25) is 0 Å². The van der Waals surface area contributed by atoms with E-state index in [0.717, 1.165) is 0 Å². The van der Waals surface area contributed by atoms with E-state index < -0.39 is 0 Å². The number of hydrogen-bond acceptors (Lipinski definition) is 1. The molecule has 0 fully saturated rings. The standard InChI is InChI=1S/C11H15ClS/c1-9(12)11(2,13-3)10-7-5-4-6-8-10/h4-9H,1-3H3. The molecule has 0 amide bonds. The van der Waals surface area contributed by atoms with E-state index in [1.54, 1.807) is 11.8 Å². The predicted molar refractivity (Wildman–Crippen MR) is 62.6 cm³/mol. The zero-order valence-corrected chi connectivity index (χ0v) is 9.82. The van der Waals surface area contributed by atoms with Crippen molar-refractivity contribution in [2.75, 3.05) is 6.26 Å². The number of rotatable bonds is 3. The maximum absolute atomic E-state index is 6.20. The van der Waals surface area contributed by atoms with E-state index in [-0.39, 0.29) is 10.1 Å². The maximum atomic E-state index is 6.20. The molecule has 1 aromatic carbocycles. The quantitative estimate of drug-likeness (QED) is 0.688. The molecule has 2 atom stereocenters. The zero-order chi connectivity index (χ0) is 9.90. The van der Waals surface area contributed by atoms with Crippen LogP contribution in [-0.4, -0.2) is 11.6 Å². The Labute approximate surface area is 89.7 Å². The fourth-order valence-corrected chi connectivity index (χ4v) is 2.37. The Hall–Kier alpha value is -0.140. The number of hydrogen-bond donors (Lipinski definition) is 0. The molecule has 0 spiro atoms. The van der Waals surface area contributed by atoms with Gasteiger partial charge in [-0.05, 0) is 25.7 Å². The van der Waals surface area contributed by atoms with E-state index in [1.807, 2.05) is 13.0 Å². The van der Waals surface area contributed by atoms with Crippen LogP contribution < -0.4 is 0 Å². The Kier molecular flexibility index (Phi) is 3.69. The van der Waals surface area contributed by atoms with Crippen molar-refractivity contribution in [3.63, 3.8) is 0 Å². The molecule has 0 saturated carbocycles. The smallest absolute Gasteiger partial charge is 0.0537 e. The summed E-state index contributed by atoms with van der Waals surface area (Å²) in [5, 5.41) is 0.130. The van der Waals surface area contributed by atoms with Crippen LogP contribution in [0.4, 0.5) is 0 Å². The third-order valence-electron chi connectivity index (χ3n) is 2.53. The molecule has 0 aliphatic carbocycles. The Balaban J connectivity index is 3.03. The van der Waals surface area contributed by atoms with Gasteiger partial charge in [-0.15, -0.1) is 11.6 Å². The minimum absolute atomic E-state index is 0.0167. The molecule has 0 saturated heterocycles. The lowest BCUT2D eigenvalue weighted by Crippen LogP contribution is -2.26. The molecule has 0 radical (unpaired) electrons. The molecule has 72 valence electrons. The van der Waals surface area contributed by atoms with E-state index in [2.05, 4.69) is 37.4 Å². The van der Waals surface area contributed by atoms with Gasteiger partial charge in [-0.1, -0.05) is 30.3 Å². The van der Waals surface area contributed by atoms with Crippen LogP contribution >= 0.6 is 23.4 Å². The van der Waals surface area contributed by atoms with Crippen LogP contribution in [0.5, 0.6) is 0 Å². The van der Waals surface area contributed by atoms with Gasteiger partial charge in [0.25, 0.3) is 0 Å². The summed E-state index contributed by atoms with van der Waals surface area (Å²) in [6.45, 7) is 4.23. The summed E-state index contributed by atoms with van der Waals surface area (Å²) in [5.74, 6) is 0. The van der Waals surface area contributed by atoms with E-state index >= 15 is 0 Å². The van der Waals surface area contributed by atoms with Gasteiger partial charge in [0.1, 0.15) is 0 Å². The Morgan fingerprint density at radius 2 is 1.85 bits per heavy atom. The summed E-state index contributed by atoms with van der Waals surface area (Å²) < 4.78 is 0.0167. The van der Waals surface area contributed by atoms with E-state index in [9.17, 15) is 0 Å². The molecular weight excluding hydrogens is 200 g/mol. The van der Waals surface area contributed by atoms with Crippen LogP contribution in [-0.2, 0) is 4.75 Å². The third kappa shape index (κ3) is 2.21. The van der Waals surface area contributed by atoms with Crippen LogP contribution in [0.3, 0.4) is 0 Å². The fraction of sp³-hybridized carbons (Fsp3) is 0.455. The maximum Gasteiger partial charge on any atom is 0.0537 e. The molecule has 13 heavy (non-hydrogen) atoms. The van der Waals surface area contributed by atoms with Gasteiger partial charge in [-0.25, -0.2) is 0 Å². The van der Waals surface area contributed by atoms with Gasteiger partial charge in [-0.3, -0.25) is 0 Å². The summed E-state index contributed by atoms with van der Waals surface area (Å²) >= 11 is 8.00. The molecule has 0 nitrogen and oxygen atoms in total. The van der Waals surface area contributed by atoms with Crippen molar-refractivity contribution >= 4 is 23.4 Å². The molecule has 0 aliphatic heterocycles. The molecular formula is C11H15ClS. The van der Waals surface area contributed by atoms with E-state index in [1.165, 1.54) is 5.56 Å². The molecule has 0 aromatic heterocycles. The summed E-state index contributed by atoms with van der Waals surface area (Å²) in [5.41, 5.74) is 1.30. The van der Waals surface area contributed by atoms with Gasteiger partial charge in [0.05, 0.1) is 4.75 Å². The lowest BCUT2D eigenvalue weighted by atomic mass is 9.97. The molecule has 0 heterocycles. The molecule has 0 bridgehead atoms. The van der Waals surface area contributed by atoms with Crippen molar-refractivity contribution in [2.24, 2.45) is 0 Å². The van der Waals surface area contributed by atoms with Crippen molar-refractivity contribution in [2.45, 2.75) is 24.0 Å². The van der Waals surface area contributed by atoms with Gasteiger partial charge in [0.15, 0.2) is 0 Å². The summed E-state index contributed by atoms with van der Waals surface area (Å²) in [6, 6.07) is 10.4. The van der Waals surface area contributed by atoms with Crippen LogP contribution in [0.1, 0.15) is 19.4 Å². The van der Waals surface area contributed by atoms with Gasteiger partial charge >= 0.3 is 0 Å². The highest BCUT2D eigenvalue weighted by atomic mass is 35.5. The van der Waals surface area contributed by atoms with Crippen LogP contribution in [0.25, 0.3) is 0 Å². The molecule has 2 unspecified atom stereocenters. The minimum Gasteiger partial charge on any atom is -0.153 e. The monoisotopic (exact) mass is 214 g/mol. The number of thioether (sulfide) groups is 1. The van der Waals surface area contributed by atoms with Crippen LogP contribution in [0, 0.1) is 0 Å². The average molecular weight is 215 g/mol. The van der Waals surface area contributed by atoms with Crippen molar-refractivity contribution < 1.29 is 0 Å². The number of alkyl halides is 1. The Bertz CT molecular complexity index is 258. The first kappa shape index (κ1) is 10.9. The topological polar surface area (TPSA) is 0 Å². The lowest BCUT2D eigenvalue weighted by Gasteiger charge is -2.30. The Morgan fingerprint density at radius 1 is 1.31 bits per heavy atom. The van der Waals surface area contributed by atoms with Crippen molar-refractivity contribution in [1.29, 1.82) is 0 Å². The van der Waals surface area contributed by atoms with Gasteiger partial charge < -0.3 is 0 Å². The second-order valence-corrected chi connectivity index (χ2v) is 5.20. The minimum atomic E-state index is 0.0167. The summed E-state index contributed by atoms with van der Waals surface area (Å²) in [4.78, 5) is 0. The van der Waals surface area contributed by atoms with Crippen molar-refractivity contribution in [3.05, 3.63) is 35.9 Å². The second-order valence-electron chi connectivity index (χ2n) is 3.29. The lowest BCUT2D eigenvalue weighted by molar-refractivity contribution is 0.675. The molecule has 2 heteroatoms. The molecule has 1 rings (SSSR count). The molecule has 0 aliphatic rings. The zero-order valence-electron chi connectivity index (χ0n) is 8.25. The third-order valence-corrected chi connectivity index (χ3v) is 4.53. The largest absolute Gasteiger partial charge is 0.153 e. The normalized spacial score (nSPS) is 17.8. The summed E-state index contributed by atoms with van der Waals surface area (Å²) in [7, 11) is 0. The van der Waals surface area contributed by atoms with Gasteiger partial charge in [-0.2, -0.15) is 11.8 Å². The van der Waals surface area contributed by atoms with E-state index in [0.29, 0.717) is 0 Å². The highest BCUT2D eigenvalue weighted by molar-refractivity contribution is 7.99. The van der Waals surface area contributed by atoms with Crippen LogP contribution in [0.15, 0.2) is 30.3 Å². The Morgan fingerprint density at radius 3 is 2.23 bits per heavy atom. The van der Waals surface area contributed by atoms with Crippen molar-refractivity contribution in [3.8, 4) is 0 Å². The first-order valence-corrected chi connectivity index (χ1v) is 6.02.